The first-order valence-electron chi connectivity index (χ1n) is 2.10. The van der Waals surface area contributed by atoms with E-state index in [9.17, 15) is 0 Å². The average molecular weight is 209 g/mol. The Labute approximate surface area is 53.5 Å². The minimum absolute atomic E-state index is 0.0356. The van der Waals surface area contributed by atoms with Crippen molar-refractivity contribution in [1.82, 2.24) is 0 Å². The van der Waals surface area contributed by atoms with Gasteiger partial charge in [0, 0.05) is 0 Å². The fourth-order valence-electron chi connectivity index (χ4n) is 0.384. The Balaban J connectivity index is 2.79. The van der Waals surface area contributed by atoms with Crippen molar-refractivity contribution in [1.29, 1.82) is 0 Å². The van der Waals surface area contributed by atoms with Gasteiger partial charge in [0.05, 0.1) is 0 Å². The Morgan fingerprint density at radius 2 is 2.43 bits per heavy atom. The summed E-state index contributed by atoms with van der Waals surface area (Å²) in [6.07, 6.45) is 2.11. The summed E-state index contributed by atoms with van der Waals surface area (Å²) >= 11 is -0.0356. The molecule has 0 atom stereocenters. The van der Waals surface area contributed by atoms with E-state index in [1.165, 1.54) is 5.57 Å². The van der Waals surface area contributed by atoms with Gasteiger partial charge in [0.2, 0.25) is 0 Å². The molecule has 1 aliphatic rings. The Bertz CT molecular complexity index is 135. The minimum atomic E-state index is -0.0356. The van der Waals surface area contributed by atoms with Crippen LogP contribution in [0.3, 0.4) is 0 Å². The van der Waals surface area contributed by atoms with Crippen molar-refractivity contribution in [2.75, 3.05) is 0 Å². The number of rotatable bonds is 0. The molecule has 0 saturated heterocycles. The summed E-state index contributed by atoms with van der Waals surface area (Å²) in [7, 11) is 0. The Kier molecular flexibility index (Phi) is 1.37. The second-order valence-electron chi connectivity index (χ2n) is 1.47. The number of hydrogen-bond acceptors (Lipinski definition) is 1. The third kappa shape index (κ3) is 0.964. The van der Waals surface area contributed by atoms with E-state index in [2.05, 4.69) is 17.1 Å². The second-order valence-corrected chi connectivity index (χ2v) is 4.17. The van der Waals surface area contributed by atoms with Crippen molar-refractivity contribution in [3.8, 4) is 0 Å². The summed E-state index contributed by atoms with van der Waals surface area (Å²) in [5.74, 6) is 0. The molecule has 7 heavy (non-hydrogen) atoms. The van der Waals surface area contributed by atoms with E-state index in [4.69, 9.17) is 5.73 Å². The van der Waals surface area contributed by atoms with Crippen LogP contribution in [0.25, 0.3) is 0 Å². The normalized spacial score (nSPS) is 20.1. The molecule has 0 aromatic carbocycles. The summed E-state index contributed by atoms with van der Waals surface area (Å²) in [6, 6.07) is 0. The Morgan fingerprint density at radius 3 is 2.57 bits per heavy atom. The van der Waals surface area contributed by atoms with Crippen LogP contribution in [0.1, 0.15) is 6.92 Å². The van der Waals surface area contributed by atoms with Gasteiger partial charge in [-0.2, -0.15) is 0 Å². The van der Waals surface area contributed by atoms with Gasteiger partial charge in [-0.1, -0.05) is 0 Å². The Morgan fingerprint density at radius 1 is 1.71 bits per heavy atom. The molecular weight excluding hydrogens is 201 g/mol. The molecule has 0 fully saturated rings. The van der Waals surface area contributed by atoms with Crippen LogP contribution >= 0.6 is 21.2 Å². The van der Waals surface area contributed by atoms with Gasteiger partial charge in [0.15, 0.2) is 0 Å². The summed E-state index contributed by atoms with van der Waals surface area (Å²) in [6.45, 7) is 2.06. The molecule has 1 aliphatic heterocycles. The first-order valence-corrected chi connectivity index (χ1v) is 4.61. The molecule has 1 rings (SSSR count). The molecule has 0 amide bonds. The molecule has 1 heterocycles. The predicted molar refractivity (Wildman–Crippen MR) is 41.4 cm³/mol. The summed E-state index contributed by atoms with van der Waals surface area (Å²) in [4.78, 5) is 0. The third-order valence-electron chi connectivity index (χ3n) is 0.902. The topological polar surface area (TPSA) is 26.0 Å². The average Bonchev–Trinajstić information content (AvgIpc) is 1.91. The fourth-order valence-corrected chi connectivity index (χ4v) is 2.30. The second kappa shape index (κ2) is 1.86. The predicted octanol–water partition coefficient (Wildman–Crippen LogP) is 1.41. The first kappa shape index (κ1) is 5.15. The Hall–Kier alpha value is 0.01000. The molecular formula is C5H8IN. The molecule has 0 unspecified atom stereocenters. The van der Waals surface area contributed by atoms with E-state index >= 15 is 0 Å². The zero-order chi connectivity index (χ0) is 5.28. The molecule has 0 aromatic heterocycles. The van der Waals surface area contributed by atoms with Crippen LogP contribution in [0, 0.1) is 0 Å². The molecule has 0 bridgehead atoms. The van der Waals surface area contributed by atoms with Crippen molar-refractivity contribution in [2.24, 2.45) is 5.73 Å². The van der Waals surface area contributed by atoms with Crippen molar-refractivity contribution in [3.05, 3.63) is 19.4 Å². The number of hydrogen-bond donors (Lipinski definition) is 1. The van der Waals surface area contributed by atoms with Crippen LogP contribution < -0.4 is 5.73 Å². The van der Waals surface area contributed by atoms with E-state index in [-0.39, 0.29) is 21.2 Å². The summed E-state index contributed by atoms with van der Waals surface area (Å²) in [5.41, 5.74) is 6.83. The SMILES string of the molecule is CC1=C(N)[IH]C=C1. The molecule has 0 aliphatic carbocycles. The zero-order valence-corrected chi connectivity index (χ0v) is 6.47. The quantitative estimate of drug-likeness (QED) is 0.473. The van der Waals surface area contributed by atoms with E-state index in [0.717, 1.165) is 3.70 Å². The molecule has 0 saturated carbocycles. The maximum absolute atomic E-state index is 5.55. The van der Waals surface area contributed by atoms with Gasteiger partial charge in [-0.3, -0.25) is 0 Å². The maximum atomic E-state index is 5.55. The molecule has 0 radical (unpaired) electrons. The van der Waals surface area contributed by atoms with Crippen LogP contribution in [0.15, 0.2) is 19.4 Å². The summed E-state index contributed by atoms with van der Waals surface area (Å²) < 4.78 is 3.35. The first-order chi connectivity index (χ1) is 3.30. The van der Waals surface area contributed by atoms with Crippen molar-refractivity contribution < 1.29 is 0 Å². The van der Waals surface area contributed by atoms with Gasteiger partial charge in [0.1, 0.15) is 0 Å². The fraction of sp³-hybridized carbons (Fsp3) is 0.200. The summed E-state index contributed by atoms with van der Waals surface area (Å²) in [5, 5.41) is 0. The van der Waals surface area contributed by atoms with Gasteiger partial charge in [-0.15, -0.1) is 0 Å². The zero-order valence-electron chi connectivity index (χ0n) is 4.14. The van der Waals surface area contributed by atoms with Crippen LogP contribution in [-0.2, 0) is 0 Å². The number of nitrogens with two attached hydrogens (primary N) is 1. The standard InChI is InChI=1S/C5H8IN/c1-4-2-3-6-5(4)7/h2-3,6H,7H2,1H3. The molecule has 0 spiro atoms. The van der Waals surface area contributed by atoms with E-state index < -0.39 is 0 Å². The number of allylic oxidation sites excluding steroid dienone is 2. The van der Waals surface area contributed by atoms with Crippen molar-refractivity contribution in [2.45, 2.75) is 6.92 Å². The molecule has 0 aromatic rings. The third-order valence-corrected chi connectivity index (χ3v) is 3.32. The van der Waals surface area contributed by atoms with Crippen LogP contribution in [0.4, 0.5) is 0 Å². The van der Waals surface area contributed by atoms with E-state index in [1.807, 2.05) is 0 Å². The van der Waals surface area contributed by atoms with E-state index in [0.29, 0.717) is 0 Å². The van der Waals surface area contributed by atoms with Gasteiger partial charge in [-0.05, 0) is 0 Å². The van der Waals surface area contributed by atoms with Crippen molar-refractivity contribution in [3.63, 3.8) is 0 Å². The van der Waals surface area contributed by atoms with Crippen LogP contribution in [0.2, 0.25) is 0 Å². The van der Waals surface area contributed by atoms with Gasteiger partial charge < -0.3 is 0 Å². The van der Waals surface area contributed by atoms with E-state index in [1.54, 1.807) is 0 Å². The molecule has 1 nitrogen and oxygen atoms in total. The van der Waals surface area contributed by atoms with Gasteiger partial charge in [-0.25, -0.2) is 0 Å². The van der Waals surface area contributed by atoms with Crippen LogP contribution in [-0.4, -0.2) is 0 Å². The van der Waals surface area contributed by atoms with Gasteiger partial charge in [0.25, 0.3) is 0 Å². The van der Waals surface area contributed by atoms with Gasteiger partial charge >= 0.3 is 53.3 Å². The van der Waals surface area contributed by atoms with Crippen LogP contribution in [0.5, 0.6) is 0 Å². The number of halogens is 1. The molecule has 40 valence electrons. The van der Waals surface area contributed by atoms with Crippen molar-refractivity contribution >= 4 is 21.2 Å². The monoisotopic (exact) mass is 209 g/mol. The molecule has 2 N–H and O–H groups in total. The molecule has 2 heteroatoms.